The Hall–Kier alpha value is -2.02. The van der Waals surface area contributed by atoms with Crippen LogP contribution in [-0.2, 0) is 0 Å². The first-order valence-electron chi connectivity index (χ1n) is 7.78. The van der Waals surface area contributed by atoms with Gasteiger partial charge in [-0.1, -0.05) is 0 Å². The summed E-state index contributed by atoms with van der Waals surface area (Å²) < 4.78 is 0. The highest BCUT2D eigenvalue weighted by Gasteiger charge is 2.33. The van der Waals surface area contributed by atoms with E-state index in [1.165, 1.54) is 11.3 Å². The number of carbonyl (C=O) groups is 1. The van der Waals surface area contributed by atoms with Crippen LogP contribution in [0.15, 0.2) is 6.07 Å². The fourth-order valence-electron chi connectivity index (χ4n) is 3.07. The van der Waals surface area contributed by atoms with Gasteiger partial charge >= 0.3 is 0 Å². The minimum absolute atomic E-state index is 0.0121. The zero-order chi connectivity index (χ0) is 16.6. The van der Waals surface area contributed by atoms with E-state index >= 15 is 0 Å². The van der Waals surface area contributed by atoms with Gasteiger partial charge in [0.05, 0.1) is 22.4 Å². The van der Waals surface area contributed by atoms with Gasteiger partial charge in [0.15, 0.2) is 0 Å². The molecule has 1 N–H and O–H groups in total. The van der Waals surface area contributed by atoms with Crippen LogP contribution in [-0.4, -0.2) is 39.4 Å². The summed E-state index contributed by atoms with van der Waals surface area (Å²) in [7, 11) is 1.84. The topological polar surface area (TPSA) is 71.0 Å². The van der Waals surface area contributed by atoms with Crippen LogP contribution < -0.4 is 5.32 Å². The van der Waals surface area contributed by atoms with Gasteiger partial charge in [-0.3, -0.25) is 4.79 Å². The Balaban J connectivity index is 1.92. The van der Waals surface area contributed by atoms with Crippen LogP contribution in [0.1, 0.15) is 50.8 Å². The van der Waals surface area contributed by atoms with Crippen LogP contribution in [0.2, 0.25) is 0 Å². The molecule has 0 aliphatic carbocycles. The molecule has 6 nitrogen and oxygen atoms in total. The molecule has 2 aromatic rings. The predicted molar refractivity (Wildman–Crippen MR) is 90.9 cm³/mol. The molecular formula is C16H21N5OS. The van der Waals surface area contributed by atoms with Crippen molar-refractivity contribution in [1.82, 2.24) is 19.9 Å². The molecule has 1 amide bonds. The lowest BCUT2D eigenvalue weighted by atomic mass is 10.1. The number of likely N-dealkylation sites (tertiary alicyclic amines) is 1. The smallest absolute Gasteiger partial charge is 0.266 e. The number of nitrogens with zero attached hydrogens (tertiary/aromatic N) is 4. The van der Waals surface area contributed by atoms with Crippen molar-refractivity contribution in [1.29, 1.82) is 0 Å². The summed E-state index contributed by atoms with van der Waals surface area (Å²) in [6.07, 6.45) is 1.92. The van der Waals surface area contributed by atoms with Crippen molar-refractivity contribution < 1.29 is 4.79 Å². The number of aromatic nitrogens is 3. The number of hydrogen-bond donors (Lipinski definition) is 1. The van der Waals surface area contributed by atoms with Gasteiger partial charge in [-0.05, 0) is 33.6 Å². The lowest BCUT2D eigenvalue weighted by Gasteiger charge is -2.24. The van der Waals surface area contributed by atoms with E-state index in [2.05, 4.69) is 20.3 Å². The molecule has 1 aliphatic heterocycles. The van der Waals surface area contributed by atoms with Crippen molar-refractivity contribution in [2.75, 3.05) is 18.9 Å². The maximum Gasteiger partial charge on any atom is 0.266 e. The van der Waals surface area contributed by atoms with Gasteiger partial charge < -0.3 is 10.2 Å². The van der Waals surface area contributed by atoms with Gasteiger partial charge in [0.1, 0.15) is 16.5 Å². The summed E-state index contributed by atoms with van der Waals surface area (Å²) in [6, 6.07) is 1.95. The van der Waals surface area contributed by atoms with Crippen LogP contribution in [0.5, 0.6) is 0 Å². The van der Waals surface area contributed by atoms with Crippen molar-refractivity contribution in [2.45, 2.75) is 39.7 Å². The molecule has 0 spiro atoms. The number of hydrogen-bond acceptors (Lipinski definition) is 6. The summed E-state index contributed by atoms with van der Waals surface area (Å²) >= 11 is 1.47. The standard InChI is InChI=1S/C16H21N5OS/c1-9-15(23-11(3)18-9)16(22)21-7-5-6-13(21)12-8-14(17-4)20-10(2)19-12/h8,13H,5-7H2,1-4H3,(H,17,19,20). The predicted octanol–water partition coefficient (Wildman–Crippen LogP) is 2.88. The normalized spacial score (nSPS) is 17.6. The summed E-state index contributed by atoms with van der Waals surface area (Å²) in [6.45, 7) is 6.47. The van der Waals surface area contributed by atoms with E-state index in [1.807, 2.05) is 38.8 Å². The summed E-state index contributed by atoms with van der Waals surface area (Å²) in [5, 5.41) is 3.99. The average Bonchev–Trinajstić information content (AvgIpc) is 3.12. The zero-order valence-electron chi connectivity index (χ0n) is 13.9. The lowest BCUT2D eigenvalue weighted by molar-refractivity contribution is 0.0736. The van der Waals surface area contributed by atoms with Crippen LogP contribution in [0.4, 0.5) is 5.82 Å². The number of carbonyl (C=O) groups excluding carboxylic acids is 1. The largest absolute Gasteiger partial charge is 0.373 e. The molecule has 2 aromatic heterocycles. The molecule has 1 saturated heterocycles. The van der Waals surface area contributed by atoms with Gasteiger partial charge in [0.25, 0.3) is 5.91 Å². The highest BCUT2D eigenvalue weighted by molar-refractivity contribution is 7.13. The Kier molecular flexibility index (Phi) is 4.30. The van der Waals surface area contributed by atoms with Crippen LogP contribution in [0.25, 0.3) is 0 Å². The Morgan fingerprint density at radius 2 is 2.09 bits per heavy atom. The highest BCUT2D eigenvalue weighted by Crippen LogP contribution is 2.34. The Bertz CT molecular complexity index is 742. The number of amides is 1. The van der Waals surface area contributed by atoms with Crippen molar-refractivity contribution in [2.24, 2.45) is 0 Å². The third kappa shape index (κ3) is 3.06. The number of anilines is 1. The zero-order valence-corrected chi connectivity index (χ0v) is 14.7. The first kappa shape index (κ1) is 15.9. The van der Waals surface area contributed by atoms with Crippen molar-refractivity contribution in [3.8, 4) is 0 Å². The quantitative estimate of drug-likeness (QED) is 0.936. The second-order valence-electron chi connectivity index (χ2n) is 5.78. The number of nitrogens with one attached hydrogen (secondary N) is 1. The summed E-state index contributed by atoms with van der Waals surface area (Å²) in [5.74, 6) is 1.57. The van der Waals surface area contributed by atoms with Crippen LogP contribution in [0.3, 0.4) is 0 Å². The molecule has 0 bridgehead atoms. The molecule has 1 fully saturated rings. The van der Waals surface area contributed by atoms with Gasteiger partial charge in [-0.25, -0.2) is 15.0 Å². The van der Waals surface area contributed by atoms with Gasteiger partial charge in [-0.2, -0.15) is 0 Å². The van der Waals surface area contributed by atoms with Gasteiger partial charge in [0, 0.05) is 19.7 Å². The molecule has 0 saturated carbocycles. The molecule has 3 heterocycles. The van der Waals surface area contributed by atoms with E-state index in [0.29, 0.717) is 0 Å². The lowest BCUT2D eigenvalue weighted by Crippen LogP contribution is -2.31. The van der Waals surface area contributed by atoms with E-state index in [9.17, 15) is 4.79 Å². The third-order valence-corrected chi connectivity index (χ3v) is 5.13. The molecule has 23 heavy (non-hydrogen) atoms. The minimum atomic E-state index is 0.0121. The third-order valence-electron chi connectivity index (χ3n) is 4.07. The second-order valence-corrected chi connectivity index (χ2v) is 6.98. The Morgan fingerprint density at radius 1 is 1.30 bits per heavy atom. The monoisotopic (exact) mass is 331 g/mol. The fraction of sp³-hybridized carbons (Fsp3) is 0.500. The molecule has 122 valence electrons. The van der Waals surface area contributed by atoms with Gasteiger partial charge in [0.2, 0.25) is 0 Å². The fourth-order valence-corrected chi connectivity index (χ4v) is 3.94. The number of thiazole rings is 1. The van der Waals surface area contributed by atoms with Crippen LogP contribution >= 0.6 is 11.3 Å². The van der Waals surface area contributed by atoms with Crippen LogP contribution in [0, 0.1) is 20.8 Å². The molecular weight excluding hydrogens is 310 g/mol. The van der Waals surface area contributed by atoms with E-state index in [1.54, 1.807) is 0 Å². The molecule has 7 heteroatoms. The molecule has 0 radical (unpaired) electrons. The maximum absolute atomic E-state index is 12.9. The summed E-state index contributed by atoms with van der Waals surface area (Å²) in [4.78, 5) is 28.9. The van der Waals surface area contributed by atoms with Crippen molar-refractivity contribution in [3.05, 3.63) is 33.2 Å². The van der Waals surface area contributed by atoms with E-state index in [-0.39, 0.29) is 11.9 Å². The van der Waals surface area contributed by atoms with E-state index < -0.39 is 0 Å². The molecule has 1 unspecified atom stereocenters. The highest BCUT2D eigenvalue weighted by atomic mass is 32.1. The van der Waals surface area contributed by atoms with Gasteiger partial charge in [-0.15, -0.1) is 11.3 Å². The van der Waals surface area contributed by atoms with E-state index in [4.69, 9.17) is 0 Å². The van der Waals surface area contributed by atoms with Crippen molar-refractivity contribution >= 4 is 23.1 Å². The Morgan fingerprint density at radius 3 is 2.74 bits per heavy atom. The molecule has 1 atom stereocenters. The van der Waals surface area contributed by atoms with Crippen molar-refractivity contribution in [3.63, 3.8) is 0 Å². The first-order valence-corrected chi connectivity index (χ1v) is 8.59. The first-order chi connectivity index (χ1) is 11.0. The summed E-state index contributed by atoms with van der Waals surface area (Å²) in [5.41, 5.74) is 1.73. The number of aryl methyl sites for hydroxylation is 3. The maximum atomic E-state index is 12.9. The number of rotatable bonds is 3. The SMILES string of the molecule is CNc1cc(C2CCCN2C(=O)c2sc(C)nc2C)nc(C)n1. The molecule has 0 aromatic carbocycles. The van der Waals surface area contributed by atoms with E-state index in [0.717, 1.165) is 52.3 Å². The molecule has 3 rings (SSSR count). The molecule has 1 aliphatic rings. The average molecular weight is 331 g/mol. The second kappa shape index (κ2) is 6.23. The minimum Gasteiger partial charge on any atom is -0.373 e. The Labute approximate surface area is 140 Å².